The molecule has 2 unspecified atom stereocenters. The zero-order valence-corrected chi connectivity index (χ0v) is 14.0. The van der Waals surface area contributed by atoms with E-state index >= 15 is 0 Å². The largest absolute Gasteiger partial charge is 0.378 e. The number of hydrogen-bond acceptors (Lipinski definition) is 2. The third-order valence-electron chi connectivity index (χ3n) is 5.33. The molecule has 2 nitrogen and oxygen atoms in total. The predicted octanol–water partition coefficient (Wildman–Crippen LogP) is 4.41. The van der Waals surface area contributed by atoms with Gasteiger partial charge in [-0.25, -0.2) is 0 Å². The summed E-state index contributed by atoms with van der Waals surface area (Å²) in [5, 5.41) is 0. The number of fused-ring (bicyclic) bond motifs is 2. The van der Waals surface area contributed by atoms with Gasteiger partial charge in [0.15, 0.2) is 0 Å². The number of hydrogen-bond donors (Lipinski definition) is 0. The van der Waals surface area contributed by atoms with Gasteiger partial charge in [0.1, 0.15) is 0 Å². The lowest BCUT2D eigenvalue weighted by Gasteiger charge is -2.45. The van der Waals surface area contributed by atoms with Gasteiger partial charge in [-0.3, -0.25) is 4.90 Å². The van der Waals surface area contributed by atoms with E-state index in [0.717, 1.165) is 25.7 Å². The van der Waals surface area contributed by atoms with Crippen LogP contribution >= 0.6 is 0 Å². The molecule has 1 fully saturated rings. The number of ether oxygens (including phenoxy) is 1. The monoisotopic (exact) mass is 299 g/mol. The lowest BCUT2D eigenvalue weighted by molar-refractivity contribution is -0.0444. The van der Waals surface area contributed by atoms with Gasteiger partial charge in [-0.2, -0.15) is 0 Å². The molecule has 0 amide bonds. The number of nitrogens with zero attached hydrogens (tertiary/aromatic N) is 1. The van der Waals surface area contributed by atoms with Crippen LogP contribution in [-0.2, 0) is 11.3 Å². The molecular formula is C20H29NO. The third kappa shape index (κ3) is 3.61. The van der Waals surface area contributed by atoms with E-state index in [1.165, 1.54) is 31.2 Å². The zero-order valence-electron chi connectivity index (χ0n) is 14.0. The van der Waals surface area contributed by atoms with Gasteiger partial charge in [0.05, 0.1) is 19.3 Å². The summed E-state index contributed by atoms with van der Waals surface area (Å²) in [6.07, 6.45) is 7.59. The van der Waals surface area contributed by atoms with E-state index in [0.29, 0.717) is 12.1 Å². The Balaban J connectivity index is 1.71. The Labute approximate surface area is 135 Å². The highest BCUT2D eigenvalue weighted by molar-refractivity contribution is 5.20. The molecule has 3 rings (SSSR count). The van der Waals surface area contributed by atoms with Crippen molar-refractivity contribution in [3.8, 4) is 0 Å². The fraction of sp³-hybridized carbons (Fsp3) is 0.600. The van der Waals surface area contributed by atoms with E-state index in [-0.39, 0.29) is 0 Å². The van der Waals surface area contributed by atoms with Crippen molar-refractivity contribution in [3.05, 3.63) is 47.5 Å². The van der Waals surface area contributed by atoms with Gasteiger partial charge in [-0.15, -0.1) is 0 Å². The van der Waals surface area contributed by atoms with Crippen molar-refractivity contribution in [2.45, 2.75) is 58.2 Å². The van der Waals surface area contributed by atoms with Crippen molar-refractivity contribution in [1.29, 1.82) is 0 Å². The fourth-order valence-electron chi connectivity index (χ4n) is 3.89. The first-order valence-corrected chi connectivity index (χ1v) is 8.87. The van der Waals surface area contributed by atoms with Gasteiger partial charge in [-0.05, 0) is 24.3 Å². The highest BCUT2D eigenvalue weighted by Crippen LogP contribution is 2.32. The lowest BCUT2D eigenvalue weighted by Crippen LogP contribution is -2.53. The summed E-state index contributed by atoms with van der Waals surface area (Å²) in [6, 6.07) is 11.9. The van der Waals surface area contributed by atoms with Crippen LogP contribution in [0.1, 0.15) is 45.1 Å². The first-order valence-electron chi connectivity index (χ1n) is 8.87. The van der Waals surface area contributed by atoms with E-state index in [2.05, 4.69) is 55.2 Å². The van der Waals surface area contributed by atoms with Crippen molar-refractivity contribution < 1.29 is 4.74 Å². The minimum atomic E-state index is 0.470. The molecule has 1 aromatic carbocycles. The van der Waals surface area contributed by atoms with Gasteiger partial charge >= 0.3 is 0 Å². The van der Waals surface area contributed by atoms with Crippen LogP contribution in [0.5, 0.6) is 0 Å². The highest BCUT2D eigenvalue weighted by atomic mass is 16.5. The Bertz CT molecular complexity index is 492. The molecule has 0 N–H and O–H groups in total. The van der Waals surface area contributed by atoms with Crippen molar-refractivity contribution in [1.82, 2.24) is 4.90 Å². The number of morpholine rings is 1. The molecule has 2 aliphatic rings. The molecule has 120 valence electrons. The van der Waals surface area contributed by atoms with Crippen LogP contribution in [0.4, 0.5) is 0 Å². The summed E-state index contributed by atoms with van der Waals surface area (Å²) < 4.78 is 5.82. The molecule has 2 heterocycles. The van der Waals surface area contributed by atoms with Crippen LogP contribution in [0.2, 0.25) is 0 Å². The Hall–Kier alpha value is -1.12. The van der Waals surface area contributed by atoms with E-state index in [9.17, 15) is 0 Å². The Morgan fingerprint density at radius 1 is 1.14 bits per heavy atom. The average molecular weight is 299 g/mol. The number of benzene rings is 1. The second-order valence-corrected chi connectivity index (χ2v) is 6.83. The summed E-state index contributed by atoms with van der Waals surface area (Å²) >= 11 is 0. The molecule has 0 aromatic heterocycles. The van der Waals surface area contributed by atoms with E-state index < -0.39 is 0 Å². The smallest absolute Gasteiger partial charge is 0.0658 e. The molecular weight excluding hydrogens is 270 g/mol. The van der Waals surface area contributed by atoms with Crippen LogP contribution in [0.15, 0.2) is 42.0 Å². The minimum Gasteiger partial charge on any atom is -0.378 e. The zero-order chi connectivity index (χ0) is 15.4. The number of rotatable bonds is 6. The Kier molecular flexibility index (Phi) is 5.32. The molecule has 0 spiro atoms. The quantitative estimate of drug-likeness (QED) is 0.721. The van der Waals surface area contributed by atoms with Crippen molar-refractivity contribution in [2.75, 3.05) is 13.2 Å². The van der Waals surface area contributed by atoms with Crippen molar-refractivity contribution in [3.63, 3.8) is 0 Å². The maximum Gasteiger partial charge on any atom is 0.0658 e. The molecule has 22 heavy (non-hydrogen) atoms. The second-order valence-electron chi connectivity index (χ2n) is 6.83. The lowest BCUT2D eigenvalue weighted by atomic mass is 9.86. The molecule has 1 aromatic rings. The molecule has 2 heteroatoms. The van der Waals surface area contributed by atoms with Gasteiger partial charge < -0.3 is 4.74 Å². The molecule has 2 bridgehead atoms. The van der Waals surface area contributed by atoms with Crippen molar-refractivity contribution >= 4 is 0 Å². The Morgan fingerprint density at radius 2 is 1.91 bits per heavy atom. The van der Waals surface area contributed by atoms with Crippen LogP contribution in [0.3, 0.4) is 0 Å². The van der Waals surface area contributed by atoms with Crippen LogP contribution in [-0.4, -0.2) is 30.2 Å². The van der Waals surface area contributed by atoms with Gasteiger partial charge in [0.2, 0.25) is 0 Å². The van der Waals surface area contributed by atoms with E-state index in [1.54, 1.807) is 5.57 Å². The van der Waals surface area contributed by atoms with Crippen LogP contribution < -0.4 is 0 Å². The maximum atomic E-state index is 5.82. The minimum absolute atomic E-state index is 0.470. The summed E-state index contributed by atoms with van der Waals surface area (Å²) in [6.45, 7) is 7.44. The summed E-state index contributed by atoms with van der Waals surface area (Å²) in [4.78, 5) is 2.65. The Morgan fingerprint density at radius 3 is 2.59 bits per heavy atom. The standard InChI is InChI=1S/C20H29NO/c1-3-16(4-2)10-18-11-19-14-22-15-20(12-18)21(19)13-17-8-6-5-7-9-17/h5-9,11,16,19-20H,3-4,10,12-15H2,1-2H3. The van der Waals surface area contributed by atoms with Crippen molar-refractivity contribution in [2.24, 2.45) is 5.92 Å². The van der Waals surface area contributed by atoms with E-state index in [1.807, 2.05) is 0 Å². The molecule has 0 saturated carbocycles. The van der Waals surface area contributed by atoms with Crippen LogP contribution in [0, 0.1) is 5.92 Å². The molecule has 1 saturated heterocycles. The SMILES string of the molecule is CCC(CC)CC1=CC2COCC(C1)N2Cc1ccccc1. The van der Waals surface area contributed by atoms with Gasteiger partial charge in [0, 0.05) is 12.6 Å². The first kappa shape index (κ1) is 15.8. The molecule has 2 aliphatic heterocycles. The summed E-state index contributed by atoms with van der Waals surface area (Å²) in [7, 11) is 0. The summed E-state index contributed by atoms with van der Waals surface area (Å²) in [5.74, 6) is 0.855. The van der Waals surface area contributed by atoms with Gasteiger partial charge in [0.25, 0.3) is 0 Å². The highest BCUT2D eigenvalue weighted by Gasteiger charge is 2.34. The summed E-state index contributed by atoms with van der Waals surface area (Å²) in [5.41, 5.74) is 3.09. The predicted molar refractivity (Wildman–Crippen MR) is 91.8 cm³/mol. The topological polar surface area (TPSA) is 12.5 Å². The average Bonchev–Trinajstić information content (AvgIpc) is 2.54. The van der Waals surface area contributed by atoms with Gasteiger partial charge in [-0.1, -0.05) is 68.7 Å². The molecule has 0 radical (unpaired) electrons. The van der Waals surface area contributed by atoms with Crippen LogP contribution in [0.25, 0.3) is 0 Å². The fourth-order valence-corrected chi connectivity index (χ4v) is 3.89. The third-order valence-corrected chi connectivity index (χ3v) is 5.33. The van der Waals surface area contributed by atoms with E-state index in [4.69, 9.17) is 4.74 Å². The first-order chi connectivity index (χ1) is 10.8. The normalized spacial score (nSPS) is 25.3. The molecule has 2 atom stereocenters. The second kappa shape index (κ2) is 7.43. The molecule has 0 aliphatic carbocycles. The maximum absolute atomic E-state index is 5.82.